The highest BCUT2D eigenvalue weighted by Crippen LogP contribution is 2.30. The van der Waals surface area contributed by atoms with Gasteiger partial charge in [0.05, 0.1) is 17.7 Å². The molecule has 1 fully saturated rings. The number of carbonyl (C=O) groups is 1. The first kappa shape index (κ1) is 18.7. The van der Waals surface area contributed by atoms with Crippen LogP contribution in [0.4, 0.5) is 0 Å². The van der Waals surface area contributed by atoms with E-state index in [0.717, 1.165) is 17.1 Å². The predicted octanol–water partition coefficient (Wildman–Crippen LogP) is 3.48. The van der Waals surface area contributed by atoms with E-state index in [4.69, 9.17) is 9.72 Å². The van der Waals surface area contributed by atoms with Crippen LogP contribution >= 0.6 is 11.8 Å². The van der Waals surface area contributed by atoms with E-state index in [0.29, 0.717) is 17.3 Å². The molecular formula is C21H21N3O3S. The van der Waals surface area contributed by atoms with Crippen molar-refractivity contribution in [1.29, 1.82) is 0 Å². The molecule has 1 aliphatic rings. The van der Waals surface area contributed by atoms with Gasteiger partial charge in [0.15, 0.2) is 5.82 Å². The van der Waals surface area contributed by atoms with Crippen molar-refractivity contribution >= 4 is 17.7 Å². The molecule has 144 valence electrons. The number of nitrogens with zero attached hydrogens (tertiary/aromatic N) is 3. The quantitative estimate of drug-likeness (QED) is 0.526. The molecule has 0 radical (unpaired) electrons. The number of hydrogen-bond donors (Lipinski definition) is 1. The molecule has 7 heteroatoms. The number of carbonyl (C=O) groups excluding carboxylic acids is 1. The second-order valence-electron chi connectivity index (χ2n) is 7.13. The van der Waals surface area contributed by atoms with E-state index in [2.05, 4.69) is 5.10 Å². The average Bonchev–Trinajstić information content (AvgIpc) is 3.11. The average molecular weight is 395 g/mol. The molecule has 4 rings (SSSR count). The van der Waals surface area contributed by atoms with Crippen molar-refractivity contribution in [3.63, 3.8) is 0 Å². The van der Waals surface area contributed by atoms with Crippen LogP contribution in [0.5, 0.6) is 0 Å². The third-order valence-corrected chi connectivity index (χ3v) is 5.48. The van der Waals surface area contributed by atoms with Gasteiger partial charge in [0.1, 0.15) is 6.10 Å². The summed E-state index contributed by atoms with van der Waals surface area (Å²) in [6.45, 7) is 1.67. The lowest BCUT2D eigenvalue weighted by molar-refractivity contribution is -0.165. The van der Waals surface area contributed by atoms with Gasteiger partial charge >= 0.3 is 5.97 Å². The molecule has 0 unspecified atom stereocenters. The van der Waals surface area contributed by atoms with Gasteiger partial charge in [-0.15, -0.1) is 5.10 Å². The Morgan fingerprint density at radius 1 is 1.18 bits per heavy atom. The smallest absolute Gasteiger partial charge is 0.309 e. The number of hydrogen-bond acceptors (Lipinski definition) is 6. The molecule has 6 nitrogen and oxygen atoms in total. The predicted molar refractivity (Wildman–Crippen MR) is 107 cm³/mol. The molecule has 1 saturated heterocycles. The first-order valence-corrected chi connectivity index (χ1v) is 10.1. The lowest BCUT2D eigenvalue weighted by Crippen LogP contribution is -2.41. The number of rotatable bonds is 5. The Labute approximate surface area is 167 Å². The van der Waals surface area contributed by atoms with Crippen molar-refractivity contribution in [2.75, 3.05) is 5.75 Å². The van der Waals surface area contributed by atoms with Gasteiger partial charge < -0.3 is 9.84 Å². The summed E-state index contributed by atoms with van der Waals surface area (Å²) in [6, 6.07) is 19.7. The standard InChI is InChI=1S/C21H21N3O3S/c1-21(26)12-17(27-18(25)13-21)14-28-20-22-19(15-8-4-2-5-9-15)24(23-20)16-10-6-3-7-11-16/h2-11,17,26H,12-14H2,1H3/t17-,21-/m1/s1. The Balaban J connectivity index is 1.58. The molecule has 1 aromatic heterocycles. The van der Waals surface area contributed by atoms with Crippen molar-refractivity contribution < 1.29 is 14.6 Å². The first-order chi connectivity index (χ1) is 13.5. The van der Waals surface area contributed by atoms with Gasteiger partial charge in [-0.3, -0.25) is 4.79 Å². The molecule has 1 N–H and O–H groups in total. The third-order valence-electron chi connectivity index (χ3n) is 4.51. The lowest BCUT2D eigenvalue weighted by Gasteiger charge is -2.32. The Kier molecular flexibility index (Phi) is 5.19. The van der Waals surface area contributed by atoms with Crippen LogP contribution in [0.1, 0.15) is 19.8 Å². The zero-order valence-electron chi connectivity index (χ0n) is 15.5. The highest BCUT2D eigenvalue weighted by Gasteiger charge is 2.36. The van der Waals surface area contributed by atoms with Crippen LogP contribution in [0.2, 0.25) is 0 Å². The molecule has 0 aliphatic carbocycles. The zero-order chi connectivity index (χ0) is 19.6. The number of thioether (sulfide) groups is 1. The largest absolute Gasteiger partial charge is 0.461 e. The number of cyclic esters (lactones) is 1. The number of esters is 1. The van der Waals surface area contributed by atoms with Crippen LogP contribution < -0.4 is 0 Å². The van der Waals surface area contributed by atoms with E-state index >= 15 is 0 Å². The summed E-state index contributed by atoms with van der Waals surface area (Å²) < 4.78 is 7.19. The number of para-hydroxylation sites is 1. The number of aliphatic hydroxyl groups is 1. The number of ether oxygens (including phenoxy) is 1. The fraction of sp³-hybridized carbons (Fsp3) is 0.286. The molecule has 0 amide bonds. The summed E-state index contributed by atoms with van der Waals surface area (Å²) in [5.74, 6) is 0.881. The van der Waals surface area contributed by atoms with Crippen molar-refractivity contribution in [2.24, 2.45) is 0 Å². The topological polar surface area (TPSA) is 77.2 Å². The van der Waals surface area contributed by atoms with Crippen LogP contribution in [0.15, 0.2) is 65.8 Å². The van der Waals surface area contributed by atoms with Gasteiger partial charge in [0.2, 0.25) is 5.16 Å². The maximum Gasteiger partial charge on any atom is 0.309 e. The lowest BCUT2D eigenvalue weighted by atomic mass is 9.93. The van der Waals surface area contributed by atoms with E-state index in [1.807, 2.05) is 65.3 Å². The third kappa shape index (κ3) is 4.26. The SMILES string of the molecule is C[C@]1(O)CC(=O)O[C@@H](CSc2nc(-c3ccccc3)n(-c3ccccc3)n2)C1. The minimum Gasteiger partial charge on any atom is -0.461 e. The molecule has 0 saturated carbocycles. The van der Waals surface area contributed by atoms with E-state index in [1.165, 1.54) is 11.8 Å². The van der Waals surface area contributed by atoms with Crippen molar-refractivity contribution in [3.05, 3.63) is 60.7 Å². The maximum atomic E-state index is 11.7. The van der Waals surface area contributed by atoms with Crippen LogP contribution in [0.25, 0.3) is 17.1 Å². The summed E-state index contributed by atoms with van der Waals surface area (Å²) in [5, 5.41) is 15.5. The van der Waals surface area contributed by atoms with Crippen molar-refractivity contribution in [3.8, 4) is 17.1 Å². The van der Waals surface area contributed by atoms with Gasteiger partial charge in [-0.05, 0) is 19.1 Å². The summed E-state index contributed by atoms with van der Waals surface area (Å²) in [6.07, 6.45) is 0.0919. The summed E-state index contributed by atoms with van der Waals surface area (Å²) in [4.78, 5) is 16.4. The molecule has 2 heterocycles. The van der Waals surface area contributed by atoms with E-state index in [1.54, 1.807) is 6.92 Å². The van der Waals surface area contributed by atoms with E-state index in [9.17, 15) is 9.90 Å². The molecule has 3 aromatic rings. The van der Waals surface area contributed by atoms with Crippen LogP contribution in [0.3, 0.4) is 0 Å². The number of aromatic nitrogens is 3. The molecular weight excluding hydrogens is 374 g/mol. The summed E-state index contributed by atoms with van der Waals surface area (Å²) in [5.41, 5.74) is 0.873. The summed E-state index contributed by atoms with van der Waals surface area (Å²) >= 11 is 1.42. The number of benzene rings is 2. The second kappa shape index (κ2) is 7.77. The minimum absolute atomic E-state index is 0.0349. The Bertz CT molecular complexity index is 901. The van der Waals surface area contributed by atoms with E-state index in [-0.39, 0.29) is 18.5 Å². The second-order valence-corrected chi connectivity index (χ2v) is 8.12. The normalized spacial score (nSPS) is 22.1. The van der Waals surface area contributed by atoms with Crippen LogP contribution in [-0.4, -0.2) is 43.3 Å². The molecule has 28 heavy (non-hydrogen) atoms. The highest BCUT2D eigenvalue weighted by atomic mass is 32.2. The van der Waals surface area contributed by atoms with Gasteiger partial charge in [-0.2, -0.15) is 0 Å². The van der Waals surface area contributed by atoms with Crippen LogP contribution in [-0.2, 0) is 9.53 Å². The van der Waals surface area contributed by atoms with Crippen LogP contribution in [0, 0.1) is 0 Å². The maximum absolute atomic E-state index is 11.7. The zero-order valence-corrected chi connectivity index (χ0v) is 16.3. The van der Waals surface area contributed by atoms with Crippen molar-refractivity contribution in [2.45, 2.75) is 36.6 Å². The summed E-state index contributed by atoms with van der Waals surface area (Å²) in [7, 11) is 0. The first-order valence-electron chi connectivity index (χ1n) is 9.13. The minimum atomic E-state index is -1.02. The van der Waals surface area contributed by atoms with E-state index < -0.39 is 5.60 Å². The van der Waals surface area contributed by atoms with Gasteiger partial charge in [0.25, 0.3) is 0 Å². The molecule has 2 aromatic carbocycles. The Morgan fingerprint density at radius 3 is 2.54 bits per heavy atom. The molecule has 1 aliphatic heterocycles. The molecule has 2 atom stereocenters. The fourth-order valence-corrected chi connectivity index (χ4v) is 4.09. The van der Waals surface area contributed by atoms with Gasteiger partial charge in [-0.1, -0.05) is 60.3 Å². The molecule has 0 bridgehead atoms. The fourth-order valence-electron chi connectivity index (χ4n) is 3.28. The van der Waals surface area contributed by atoms with Crippen molar-refractivity contribution in [1.82, 2.24) is 14.8 Å². The van der Waals surface area contributed by atoms with Gasteiger partial charge in [-0.25, -0.2) is 9.67 Å². The Morgan fingerprint density at radius 2 is 1.86 bits per heavy atom. The Hall–Kier alpha value is -2.64. The highest BCUT2D eigenvalue weighted by molar-refractivity contribution is 7.99. The van der Waals surface area contributed by atoms with Gasteiger partial charge in [0, 0.05) is 17.7 Å². The molecule has 0 spiro atoms. The monoisotopic (exact) mass is 395 g/mol.